The summed E-state index contributed by atoms with van der Waals surface area (Å²) in [6.07, 6.45) is 3.99. The van der Waals surface area contributed by atoms with Crippen molar-refractivity contribution in [2.24, 2.45) is 0 Å². The summed E-state index contributed by atoms with van der Waals surface area (Å²) in [5, 5.41) is 23.4. The van der Waals surface area contributed by atoms with Crippen LogP contribution in [0.1, 0.15) is 29.7 Å². The normalized spacial score (nSPS) is 12.7. The molecular weight excluding hydrogens is 388 g/mol. The highest BCUT2D eigenvalue weighted by atomic mass is 35.5. The number of carbonyl (C=O) groups excluding carboxylic acids is 1. The molecule has 0 spiro atoms. The number of nitro benzene ring substituents is 1. The quantitative estimate of drug-likeness (QED) is 0.457. The van der Waals surface area contributed by atoms with Crippen molar-refractivity contribution in [1.29, 1.82) is 5.26 Å². The Balaban J connectivity index is 1.68. The van der Waals surface area contributed by atoms with Crippen molar-refractivity contribution in [1.82, 2.24) is 4.98 Å². The van der Waals surface area contributed by atoms with Gasteiger partial charge in [-0.1, -0.05) is 23.4 Å². The first kappa shape index (κ1) is 19.1. The Kier molecular flexibility index (Phi) is 5.94. The summed E-state index contributed by atoms with van der Waals surface area (Å²) >= 11 is 6.94. The number of carbonyl (C=O) groups is 1. The molecule has 2 aromatic rings. The van der Waals surface area contributed by atoms with E-state index in [0.717, 1.165) is 36.9 Å². The van der Waals surface area contributed by atoms with Gasteiger partial charge in [0.15, 0.2) is 0 Å². The molecular formula is C18H15ClN4O3S. The van der Waals surface area contributed by atoms with Crippen LogP contribution in [0.4, 0.5) is 11.4 Å². The number of hydrogen-bond acceptors (Lipinski definition) is 6. The highest BCUT2D eigenvalue weighted by Crippen LogP contribution is 2.29. The zero-order chi connectivity index (χ0) is 19.4. The molecule has 0 fully saturated rings. The summed E-state index contributed by atoms with van der Waals surface area (Å²) in [7, 11) is 0. The summed E-state index contributed by atoms with van der Waals surface area (Å²) in [6.45, 7) is 0. The van der Waals surface area contributed by atoms with E-state index in [1.807, 2.05) is 6.07 Å². The Bertz CT molecular complexity index is 958. The molecule has 1 amide bonds. The Labute approximate surface area is 164 Å². The topological polar surface area (TPSA) is 109 Å². The Hall–Kier alpha value is -2.63. The summed E-state index contributed by atoms with van der Waals surface area (Å²) in [6, 6.07) is 8.08. The molecule has 1 aromatic heterocycles. The van der Waals surface area contributed by atoms with Gasteiger partial charge in [-0.2, -0.15) is 5.26 Å². The van der Waals surface area contributed by atoms with Gasteiger partial charge in [0.05, 0.1) is 16.2 Å². The monoisotopic (exact) mass is 402 g/mol. The number of thioether (sulfide) groups is 1. The summed E-state index contributed by atoms with van der Waals surface area (Å²) in [5.41, 5.74) is 2.59. The molecule has 0 aliphatic heterocycles. The molecule has 1 heterocycles. The Morgan fingerprint density at radius 3 is 2.89 bits per heavy atom. The number of aromatic nitrogens is 1. The van der Waals surface area contributed by atoms with Gasteiger partial charge in [-0.05, 0) is 49.4 Å². The smallest absolute Gasteiger partial charge is 0.289 e. The van der Waals surface area contributed by atoms with Crippen LogP contribution in [0, 0.1) is 21.4 Å². The van der Waals surface area contributed by atoms with Crippen LogP contribution >= 0.6 is 23.4 Å². The van der Waals surface area contributed by atoms with Crippen molar-refractivity contribution in [3.8, 4) is 6.07 Å². The number of amides is 1. The molecule has 27 heavy (non-hydrogen) atoms. The minimum Gasteiger partial charge on any atom is -0.325 e. The zero-order valence-electron chi connectivity index (χ0n) is 14.2. The Morgan fingerprint density at radius 1 is 1.37 bits per heavy atom. The third kappa shape index (κ3) is 4.56. The van der Waals surface area contributed by atoms with Crippen LogP contribution in [-0.4, -0.2) is 21.6 Å². The zero-order valence-corrected chi connectivity index (χ0v) is 15.8. The van der Waals surface area contributed by atoms with Crippen molar-refractivity contribution in [3.63, 3.8) is 0 Å². The first-order valence-corrected chi connectivity index (χ1v) is 9.64. The lowest BCUT2D eigenvalue weighted by Gasteiger charge is -2.16. The van der Waals surface area contributed by atoms with Crippen LogP contribution in [0.25, 0.3) is 0 Å². The molecule has 0 radical (unpaired) electrons. The molecule has 1 aliphatic carbocycles. The van der Waals surface area contributed by atoms with E-state index < -0.39 is 4.92 Å². The van der Waals surface area contributed by atoms with Crippen LogP contribution in [0.2, 0.25) is 5.02 Å². The van der Waals surface area contributed by atoms with E-state index >= 15 is 0 Å². The number of nitro groups is 1. The average molecular weight is 403 g/mol. The Morgan fingerprint density at radius 2 is 2.15 bits per heavy atom. The molecule has 7 nitrogen and oxygen atoms in total. The maximum absolute atomic E-state index is 12.2. The second-order valence-corrected chi connectivity index (χ2v) is 7.40. The molecule has 1 aliphatic rings. The fourth-order valence-electron chi connectivity index (χ4n) is 2.87. The number of fused-ring (bicyclic) bond motifs is 1. The molecule has 138 valence electrons. The predicted octanol–water partition coefficient (Wildman–Crippen LogP) is 4.12. The maximum atomic E-state index is 12.2. The lowest BCUT2D eigenvalue weighted by molar-refractivity contribution is -0.384. The second-order valence-electron chi connectivity index (χ2n) is 6.03. The van der Waals surface area contributed by atoms with Crippen LogP contribution in [0.5, 0.6) is 0 Å². The van der Waals surface area contributed by atoms with Crippen molar-refractivity contribution in [2.75, 3.05) is 11.1 Å². The van der Waals surface area contributed by atoms with Gasteiger partial charge in [0.2, 0.25) is 5.91 Å². The molecule has 1 aromatic carbocycles. The van der Waals surface area contributed by atoms with Crippen molar-refractivity contribution >= 4 is 40.6 Å². The van der Waals surface area contributed by atoms with E-state index in [4.69, 9.17) is 11.6 Å². The predicted molar refractivity (Wildman–Crippen MR) is 103 cm³/mol. The van der Waals surface area contributed by atoms with Crippen LogP contribution < -0.4 is 5.32 Å². The first-order chi connectivity index (χ1) is 13.0. The molecule has 9 heteroatoms. The number of hydrogen-bond donors (Lipinski definition) is 1. The van der Waals surface area contributed by atoms with E-state index in [1.54, 1.807) is 0 Å². The van der Waals surface area contributed by atoms with E-state index in [1.165, 1.54) is 30.0 Å². The largest absolute Gasteiger partial charge is 0.325 e. The summed E-state index contributed by atoms with van der Waals surface area (Å²) in [5.74, 6) is -0.309. The molecule has 0 bridgehead atoms. The summed E-state index contributed by atoms with van der Waals surface area (Å²) < 4.78 is 0. The number of nitriles is 1. The standard InChI is InChI=1S/C18H15ClN4O3S/c19-14-6-5-13(8-16(14)23(25)26)21-17(24)10-27-18-12(9-20)7-11-3-1-2-4-15(11)22-18/h5-8H,1-4,10H2,(H,21,24). The van der Waals surface area contributed by atoms with Crippen molar-refractivity contribution in [3.05, 3.63) is 56.2 Å². The third-order valence-electron chi connectivity index (χ3n) is 4.15. The van der Waals surface area contributed by atoms with Crippen LogP contribution in [0.15, 0.2) is 29.3 Å². The number of anilines is 1. The number of rotatable bonds is 5. The van der Waals surface area contributed by atoms with Gasteiger partial charge in [0, 0.05) is 17.4 Å². The number of benzene rings is 1. The SMILES string of the molecule is N#Cc1cc2c(nc1SCC(=O)Nc1ccc(Cl)c([N+](=O)[O-])c1)CCCC2. The molecule has 3 rings (SSSR count). The van der Waals surface area contributed by atoms with E-state index in [0.29, 0.717) is 10.6 Å². The number of halogens is 1. The minimum atomic E-state index is -0.608. The van der Waals surface area contributed by atoms with Gasteiger partial charge in [0.1, 0.15) is 16.1 Å². The van der Waals surface area contributed by atoms with E-state index in [2.05, 4.69) is 16.4 Å². The molecule has 1 N–H and O–H groups in total. The molecule has 0 unspecified atom stereocenters. The number of nitrogens with one attached hydrogen (secondary N) is 1. The number of pyridine rings is 1. The van der Waals surface area contributed by atoms with Crippen LogP contribution in [0.3, 0.4) is 0 Å². The maximum Gasteiger partial charge on any atom is 0.289 e. The first-order valence-electron chi connectivity index (χ1n) is 8.27. The van der Waals surface area contributed by atoms with Gasteiger partial charge in [-0.3, -0.25) is 14.9 Å². The molecule has 0 atom stereocenters. The van der Waals surface area contributed by atoms with Gasteiger partial charge < -0.3 is 5.32 Å². The van der Waals surface area contributed by atoms with Gasteiger partial charge in [-0.15, -0.1) is 0 Å². The van der Waals surface area contributed by atoms with E-state index in [9.17, 15) is 20.2 Å². The fraction of sp³-hybridized carbons (Fsp3) is 0.278. The summed E-state index contributed by atoms with van der Waals surface area (Å²) in [4.78, 5) is 27.1. The van der Waals surface area contributed by atoms with Crippen LogP contribution in [-0.2, 0) is 17.6 Å². The van der Waals surface area contributed by atoms with Gasteiger partial charge >= 0.3 is 0 Å². The number of nitrogens with zero attached hydrogens (tertiary/aromatic N) is 3. The molecule has 0 saturated carbocycles. The van der Waals surface area contributed by atoms with Crippen molar-refractivity contribution < 1.29 is 9.72 Å². The van der Waals surface area contributed by atoms with Crippen molar-refractivity contribution in [2.45, 2.75) is 30.7 Å². The highest BCUT2D eigenvalue weighted by molar-refractivity contribution is 8.00. The minimum absolute atomic E-state index is 0.00398. The van der Waals surface area contributed by atoms with Gasteiger partial charge in [0.25, 0.3) is 5.69 Å². The second kappa shape index (κ2) is 8.37. The van der Waals surface area contributed by atoms with Gasteiger partial charge in [-0.25, -0.2) is 4.98 Å². The fourth-order valence-corrected chi connectivity index (χ4v) is 3.83. The van der Waals surface area contributed by atoms with E-state index in [-0.39, 0.29) is 28.1 Å². The number of aryl methyl sites for hydroxylation is 2. The molecule has 0 saturated heterocycles. The third-order valence-corrected chi connectivity index (χ3v) is 5.46. The lowest BCUT2D eigenvalue weighted by Crippen LogP contribution is -2.15. The lowest BCUT2D eigenvalue weighted by atomic mass is 9.95. The average Bonchev–Trinajstić information content (AvgIpc) is 2.66. The highest BCUT2D eigenvalue weighted by Gasteiger charge is 2.17.